The summed E-state index contributed by atoms with van der Waals surface area (Å²) in [5, 5.41) is 2.02. The van der Waals surface area contributed by atoms with E-state index < -0.39 is 0 Å². The number of nitrogens with one attached hydrogen (secondary N) is 1. The predicted molar refractivity (Wildman–Crippen MR) is 130 cm³/mol. The minimum atomic E-state index is -0.298. The van der Waals surface area contributed by atoms with Crippen molar-refractivity contribution in [1.29, 1.82) is 0 Å². The molecule has 4 rings (SSSR count). The van der Waals surface area contributed by atoms with Gasteiger partial charge >= 0.3 is 0 Å². The van der Waals surface area contributed by atoms with Crippen molar-refractivity contribution in [3.05, 3.63) is 63.1 Å². The van der Waals surface area contributed by atoms with Gasteiger partial charge in [0, 0.05) is 0 Å². The van der Waals surface area contributed by atoms with Gasteiger partial charge in [-0.1, -0.05) is 52.0 Å². The Morgan fingerprint density at radius 2 is 1.61 bits per heavy atom. The Morgan fingerprint density at radius 3 is 2.26 bits per heavy atom. The van der Waals surface area contributed by atoms with Crippen LogP contribution in [-0.4, -0.2) is 11.1 Å². The van der Waals surface area contributed by atoms with E-state index in [1.54, 1.807) is 6.08 Å². The molecule has 2 aliphatic carbocycles. The molecule has 3 aliphatic rings. The van der Waals surface area contributed by atoms with Crippen LogP contribution in [0.3, 0.4) is 0 Å². The van der Waals surface area contributed by atoms with E-state index in [1.807, 2.05) is 6.08 Å². The molecule has 0 radical (unpaired) electrons. The van der Waals surface area contributed by atoms with Crippen LogP contribution < -0.4 is 5.32 Å². The number of carbonyl (C=O) groups is 2. The van der Waals surface area contributed by atoms with E-state index >= 15 is 0 Å². The van der Waals surface area contributed by atoms with E-state index in [2.05, 4.69) is 58.1 Å². The van der Waals surface area contributed by atoms with E-state index in [-0.39, 0.29) is 22.0 Å². The lowest BCUT2D eigenvalue weighted by molar-refractivity contribution is -0.115. The average Bonchev–Trinajstić information content (AvgIpc) is 3.03. The standard InChI is InChI=1S/C27H33NO2S/c1-17-15-21-22(27(4,5)14-13-26(21,2)3)16-20(17)19-11-7-6-9-18(19)10-8-12-23-24(29)28-25(30)31-23/h8,10,12,15-16H,6-7,9,11,13-14H2,1-5H3,(H,28,29,30)/b10-8+,23-12+. The zero-order chi connectivity index (χ0) is 22.4. The summed E-state index contributed by atoms with van der Waals surface area (Å²) in [6.07, 6.45) is 12.8. The van der Waals surface area contributed by atoms with Crippen LogP contribution in [0.1, 0.15) is 88.5 Å². The minimum Gasteiger partial charge on any atom is -0.282 e. The second-order valence-corrected chi connectivity index (χ2v) is 11.4. The quantitative estimate of drug-likeness (QED) is 0.515. The molecule has 3 nitrogen and oxygen atoms in total. The van der Waals surface area contributed by atoms with Gasteiger partial charge in [-0.15, -0.1) is 0 Å². The Balaban J connectivity index is 1.75. The molecule has 1 aromatic rings. The molecule has 31 heavy (non-hydrogen) atoms. The summed E-state index contributed by atoms with van der Waals surface area (Å²) < 4.78 is 0. The zero-order valence-electron chi connectivity index (χ0n) is 19.4. The van der Waals surface area contributed by atoms with Crippen LogP contribution >= 0.6 is 11.8 Å². The molecule has 2 amide bonds. The van der Waals surface area contributed by atoms with Crippen LogP contribution in [0, 0.1) is 6.92 Å². The Bertz CT molecular complexity index is 1040. The second-order valence-electron chi connectivity index (χ2n) is 10.4. The predicted octanol–water partition coefficient (Wildman–Crippen LogP) is 7.09. The van der Waals surface area contributed by atoms with E-state index in [0.29, 0.717) is 4.91 Å². The zero-order valence-corrected chi connectivity index (χ0v) is 20.2. The molecule has 1 heterocycles. The number of hydrogen-bond acceptors (Lipinski definition) is 3. The maximum absolute atomic E-state index is 11.8. The van der Waals surface area contributed by atoms with Crippen molar-refractivity contribution in [3.63, 3.8) is 0 Å². The highest BCUT2D eigenvalue weighted by Gasteiger charge is 2.37. The van der Waals surface area contributed by atoms with Gasteiger partial charge < -0.3 is 0 Å². The molecule has 4 heteroatoms. The Morgan fingerprint density at radius 1 is 0.968 bits per heavy atom. The molecule has 1 fully saturated rings. The van der Waals surface area contributed by atoms with Crippen LogP contribution in [0.25, 0.3) is 5.57 Å². The van der Waals surface area contributed by atoms with Gasteiger partial charge in [-0.05, 0) is 108 Å². The number of benzene rings is 1. The van der Waals surface area contributed by atoms with Gasteiger partial charge in [-0.2, -0.15) is 0 Å². The third-order valence-electron chi connectivity index (χ3n) is 7.22. The fourth-order valence-electron chi connectivity index (χ4n) is 5.15. The van der Waals surface area contributed by atoms with Gasteiger partial charge in [0.15, 0.2) is 0 Å². The Hall–Kier alpha value is -2.07. The number of thioether (sulfide) groups is 1. The summed E-state index contributed by atoms with van der Waals surface area (Å²) in [5.41, 5.74) is 8.99. The minimum absolute atomic E-state index is 0.197. The van der Waals surface area contributed by atoms with Crippen molar-refractivity contribution >= 4 is 28.5 Å². The molecule has 0 aromatic heterocycles. The number of aryl methyl sites for hydroxylation is 1. The lowest BCUT2D eigenvalue weighted by Gasteiger charge is -2.42. The summed E-state index contributed by atoms with van der Waals surface area (Å²) in [4.78, 5) is 23.6. The average molecular weight is 436 g/mol. The van der Waals surface area contributed by atoms with Crippen molar-refractivity contribution in [3.8, 4) is 0 Å². The van der Waals surface area contributed by atoms with Crippen LogP contribution in [0.5, 0.6) is 0 Å². The van der Waals surface area contributed by atoms with E-state index in [1.165, 1.54) is 59.1 Å². The van der Waals surface area contributed by atoms with Gasteiger partial charge in [0.05, 0.1) is 4.91 Å². The summed E-state index contributed by atoms with van der Waals surface area (Å²) in [7, 11) is 0. The van der Waals surface area contributed by atoms with E-state index in [4.69, 9.17) is 0 Å². The highest BCUT2D eigenvalue weighted by molar-refractivity contribution is 8.18. The molecule has 0 unspecified atom stereocenters. The van der Waals surface area contributed by atoms with E-state index in [0.717, 1.165) is 24.6 Å². The number of carbonyl (C=O) groups excluding carboxylic acids is 2. The fraction of sp³-hybridized carbons (Fsp3) is 0.481. The maximum Gasteiger partial charge on any atom is 0.290 e. The number of fused-ring (bicyclic) bond motifs is 1. The van der Waals surface area contributed by atoms with Crippen molar-refractivity contribution in [2.24, 2.45) is 0 Å². The van der Waals surface area contributed by atoms with Crippen LogP contribution in [-0.2, 0) is 15.6 Å². The number of allylic oxidation sites excluding steroid dienone is 5. The van der Waals surface area contributed by atoms with Gasteiger partial charge in [-0.25, -0.2) is 0 Å². The first-order valence-corrected chi connectivity index (χ1v) is 12.2. The number of hydrogen-bond donors (Lipinski definition) is 1. The second kappa shape index (κ2) is 8.12. The molecule has 0 spiro atoms. The summed E-state index contributed by atoms with van der Waals surface area (Å²) >= 11 is 0.969. The fourth-order valence-corrected chi connectivity index (χ4v) is 5.79. The van der Waals surface area contributed by atoms with Gasteiger partial charge in [0.2, 0.25) is 0 Å². The molecular formula is C27H33NO2S. The summed E-state index contributed by atoms with van der Waals surface area (Å²) in [5.74, 6) is -0.298. The van der Waals surface area contributed by atoms with Gasteiger partial charge in [0.1, 0.15) is 0 Å². The van der Waals surface area contributed by atoms with Crippen molar-refractivity contribution in [2.75, 3.05) is 0 Å². The molecule has 1 saturated heterocycles. The molecular weight excluding hydrogens is 402 g/mol. The number of imide groups is 1. The molecule has 0 atom stereocenters. The monoisotopic (exact) mass is 435 g/mol. The molecule has 0 bridgehead atoms. The summed E-state index contributed by atoms with van der Waals surface area (Å²) in [6, 6.07) is 4.93. The summed E-state index contributed by atoms with van der Waals surface area (Å²) in [6.45, 7) is 11.8. The van der Waals surface area contributed by atoms with Crippen LogP contribution in [0.2, 0.25) is 0 Å². The number of rotatable bonds is 3. The third kappa shape index (κ3) is 4.32. The van der Waals surface area contributed by atoms with Crippen molar-refractivity contribution in [1.82, 2.24) is 5.32 Å². The lowest BCUT2D eigenvalue weighted by atomic mass is 9.62. The Kier molecular flexibility index (Phi) is 5.80. The molecule has 164 valence electrons. The molecule has 1 aromatic carbocycles. The van der Waals surface area contributed by atoms with Crippen molar-refractivity contribution < 1.29 is 9.59 Å². The van der Waals surface area contributed by atoms with Gasteiger partial charge in [0.25, 0.3) is 11.1 Å². The topological polar surface area (TPSA) is 46.2 Å². The smallest absolute Gasteiger partial charge is 0.282 e. The van der Waals surface area contributed by atoms with Gasteiger partial charge in [-0.3, -0.25) is 14.9 Å². The van der Waals surface area contributed by atoms with E-state index in [9.17, 15) is 9.59 Å². The highest BCUT2D eigenvalue weighted by Crippen LogP contribution is 2.48. The molecule has 1 aliphatic heterocycles. The molecule has 0 saturated carbocycles. The van der Waals surface area contributed by atoms with Crippen molar-refractivity contribution in [2.45, 2.75) is 84.0 Å². The third-order valence-corrected chi connectivity index (χ3v) is 8.05. The van der Waals surface area contributed by atoms with Crippen LogP contribution in [0.15, 0.2) is 40.8 Å². The van der Waals surface area contributed by atoms with Crippen LogP contribution in [0.4, 0.5) is 4.79 Å². The highest BCUT2D eigenvalue weighted by atomic mass is 32.2. The first kappa shape index (κ1) is 22.1. The normalized spacial score (nSPS) is 24.1. The maximum atomic E-state index is 11.8. The molecule has 1 N–H and O–H groups in total. The SMILES string of the molecule is Cc1cc2c(cc1C1=C(/C=C/C=C3/SC(=O)NC3=O)CCCC1)C(C)(C)CCC2(C)C. The number of amides is 2. The first-order chi connectivity index (χ1) is 14.6. The Labute approximate surface area is 190 Å². The largest absolute Gasteiger partial charge is 0.290 e. The first-order valence-electron chi connectivity index (χ1n) is 11.4. The lowest BCUT2D eigenvalue weighted by Crippen LogP contribution is -2.34.